The molecule has 0 bridgehead atoms. The van der Waals surface area contributed by atoms with Crippen LogP contribution in [-0.2, 0) is 6.54 Å². The summed E-state index contributed by atoms with van der Waals surface area (Å²) in [6.45, 7) is 5.61. The first-order valence-corrected chi connectivity index (χ1v) is 7.77. The Morgan fingerprint density at radius 3 is 2.52 bits per heavy atom. The average molecular weight is 324 g/mol. The van der Waals surface area contributed by atoms with Crippen LogP contribution in [0.1, 0.15) is 31.1 Å². The monoisotopic (exact) mass is 323 g/mol. The van der Waals surface area contributed by atoms with Crippen molar-refractivity contribution in [2.45, 2.75) is 26.5 Å². The van der Waals surface area contributed by atoms with Crippen LogP contribution in [0.3, 0.4) is 0 Å². The second-order valence-electron chi connectivity index (χ2n) is 4.83. The Balaban J connectivity index is 2.25. The number of hydrogen-bond donors (Lipinski definition) is 1. The van der Waals surface area contributed by atoms with Crippen molar-refractivity contribution in [2.24, 2.45) is 0 Å². The molecule has 0 aliphatic heterocycles. The van der Waals surface area contributed by atoms with Gasteiger partial charge in [0.15, 0.2) is 0 Å². The van der Waals surface area contributed by atoms with Gasteiger partial charge in [-0.1, -0.05) is 60.5 Å². The van der Waals surface area contributed by atoms with Gasteiger partial charge < -0.3 is 10.1 Å². The minimum Gasteiger partial charge on any atom is -0.484 e. The molecule has 2 nitrogen and oxygen atoms in total. The van der Waals surface area contributed by atoms with Crippen LogP contribution in [0.4, 0.5) is 0 Å². The standard InChI is InChI=1S/C17H19Cl2NO/c1-3-20-11-14-9-15(18)10-16(19)17(14)21-12(2)13-7-5-4-6-8-13/h4-10,12,20H,3,11H2,1-2H3. The lowest BCUT2D eigenvalue weighted by atomic mass is 10.1. The molecule has 0 aliphatic carbocycles. The third kappa shape index (κ3) is 4.37. The zero-order valence-corrected chi connectivity index (χ0v) is 13.7. The molecule has 0 saturated heterocycles. The Bertz CT molecular complexity index is 587. The molecule has 2 aromatic carbocycles. The van der Waals surface area contributed by atoms with Crippen LogP contribution >= 0.6 is 23.2 Å². The summed E-state index contributed by atoms with van der Waals surface area (Å²) < 4.78 is 6.08. The maximum atomic E-state index is 6.31. The van der Waals surface area contributed by atoms with E-state index in [1.54, 1.807) is 6.07 Å². The molecule has 0 amide bonds. The predicted octanol–water partition coefficient (Wildman–Crippen LogP) is 5.24. The lowest BCUT2D eigenvalue weighted by Crippen LogP contribution is -2.14. The normalized spacial score (nSPS) is 12.2. The van der Waals surface area contributed by atoms with E-state index in [4.69, 9.17) is 27.9 Å². The van der Waals surface area contributed by atoms with Crippen LogP contribution in [0.25, 0.3) is 0 Å². The van der Waals surface area contributed by atoms with Gasteiger partial charge in [-0.3, -0.25) is 0 Å². The van der Waals surface area contributed by atoms with E-state index in [0.29, 0.717) is 22.3 Å². The molecule has 1 atom stereocenters. The smallest absolute Gasteiger partial charge is 0.143 e. The Labute approximate surface area is 136 Å². The van der Waals surface area contributed by atoms with E-state index in [2.05, 4.69) is 12.2 Å². The summed E-state index contributed by atoms with van der Waals surface area (Å²) >= 11 is 12.4. The molecule has 21 heavy (non-hydrogen) atoms. The second-order valence-corrected chi connectivity index (χ2v) is 5.67. The number of hydrogen-bond acceptors (Lipinski definition) is 2. The van der Waals surface area contributed by atoms with Gasteiger partial charge in [0.05, 0.1) is 5.02 Å². The van der Waals surface area contributed by atoms with Crippen LogP contribution in [0.5, 0.6) is 5.75 Å². The fraction of sp³-hybridized carbons (Fsp3) is 0.294. The highest BCUT2D eigenvalue weighted by Crippen LogP contribution is 2.35. The summed E-state index contributed by atoms with van der Waals surface area (Å²) in [5.74, 6) is 0.693. The van der Waals surface area contributed by atoms with E-state index in [9.17, 15) is 0 Å². The summed E-state index contributed by atoms with van der Waals surface area (Å²) in [4.78, 5) is 0. The molecule has 0 saturated carbocycles. The fourth-order valence-corrected chi connectivity index (χ4v) is 2.69. The molecule has 0 radical (unpaired) electrons. The van der Waals surface area contributed by atoms with Crippen LogP contribution in [-0.4, -0.2) is 6.54 Å². The summed E-state index contributed by atoms with van der Waals surface area (Å²) in [6.07, 6.45) is -0.0785. The van der Waals surface area contributed by atoms with Crippen LogP contribution in [0.2, 0.25) is 10.0 Å². The number of halogens is 2. The molecule has 0 spiro atoms. The van der Waals surface area contributed by atoms with Crippen molar-refractivity contribution < 1.29 is 4.74 Å². The first kappa shape index (κ1) is 16.2. The van der Waals surface area contributed by atoms with E-state index in [-0.39, 0.29) is 6.10 Å². The Hall–Kier alpha value is -1.22. The maximum Gasteiger partial charge on any atom is 0.143 e. The molecule has 112 valence electrons. The van der Waals surface area contributed by atoms with Crippen LogP contribution in [0.15, 0.2) is 42.5 Å². The van der Waals surface area contributed by atoms with Gasteiger partial charge in [0.25, 0.3) is 0 Å². The molecule has 0 aromatic heterocycles. The molecule has 2 rings (SSSR count). The summed E-state index contributed by atoms with van der Waals surface area (Å²) in [7, 11) is 0. The van der Waals surface area contributed by atoms with E-state index in [1.807, 2.05) is 43.3 Å². The molecule has 1 N–H and O–H groups in total. The summed E-state index contributed by atoms with van der Waals surface area (Å²) in [6, 6.07) is 13.7. The van der Waals surface area contributed by atoms with E-state index in [0.717, 1.165) is 17.7 Å². The molecule has 4 heteroatoms. The van der Waals surface area contributed by atoms with Crippen molar-refractivity contribution in [3.8, 4) is 5.75 Å². The minimum atomic E-state index is -0.0785. The highest BCUT2D eigenvalue weighted by atomic mass is 35.5. The lowest BCUT2D eigenvalue weighted by Gasteiger charge is -2.19. The third-order valence-corrected chi connectivity index (χ3v) is 3.71. The largest absolute Gasteiger partial charge is 0.484 e. The van der Waals surface area contributed by atoms with Crippen molar-refractivity contribution in [3.63, 3.8) is 0 Å². The molecule has 0 heterocycles. The molecule has 0 aliphatic rings. The predicted molar refractivity (Wildman–Crippen MR) is 89.3 cm³/mol. The van der Waals surface area contributed by atoms with Gasteiger partial charge in [-0.25, -0.2) is 0 Å². The Morgan fingerprint density at radius 2 is 1.86 bits per heavy atom. The van der Waals surface area contributed by atoms with Gasteiger partial charge in [0.2, 0.25) is 0 Å². The SMILES string of the molecule is CCNCc1cc(Cl)cc(Cl)c1OC(C)c1ccccc1. The molecule has 2 aromatic rings. The van der Waals surface area contributed by atoms with Gasteiger partial charge >= 0.3 is 0 Å². The fourth-order valence-electron chi connectivity index (χ4n) is 2.11. The zero-order valence-electron chi connectivity index (χ0n) is 12.2. The third-order valence-electron chi connectivity index (χ3n) is 3.21. The molecule has 0 fully saturated rings. The van der Waals surface area contributed by atoms with Crippen molar-refractivity contribution >= 4 is 23.2 Å². The van der Waals surface area contributed by atoms with E-state index >= 15 is 0 Å². The van der Waals surface area contributed by atoms with Gasteiger partial charge in [-0.05, 0) is 31.2 Å². The highest BCUT2D eigenvalue weighted by Gasteiger charge is 2.14. The minimum absolute atomic E-state index is 0.0785. The number of nitrogens with one attached hydrogen (secondary N) is 1. The summed E-state index contributed by atoms with van der Waals surface area (Å²) in [5.41, 5.74) is 2.08. The van der Waals surface area contributed by atoms with Crippen molar-refractivity contribution in [1.82, 2.24) is 5.32 Å². The van der Waals surface area contributed by atoms with Crippen LogP contribution in [0, 0.1) is 0 Å². The van der Waals surface area contributed by atoms with Crippen molar-refractivity contribution in [2.75, 3.05) is 6.54 Å². The van der Waals surface area contributed by atoms with E-state index in [1.165, 1.54) is 0 Å². The highest BCUT2D eigenvalue weighted by molar-refractivity contribution is 6.35. The Morgan fingerprint density at radius 1 is 1.14 bits per heavy atom. The Kier molecular flexibility index (Phi) is 5.92. The summed E-state index contributed by atoms with van der Waals surface area (Å²) in [5, 5.41) is 4.43. The van der Waals surface area contributed by atoms with Gasteiger partial charge in [0, 0.05) is 17.1 Å². The number of ether oxygens (including phenoxy) is 1. The average Bonchev–Trinajstić information content (AvgIpc) is 2.48. The van der Waals surface area contributed by atoms with Gasteiger partial charge in [-0.15, -0.1) is 0 Å². The number of rotatable bonds is 6. The first-order valence-electron chi connectivity index (χ1n) is 7.02. The van der Waals surface area contributed by atoms with Gasteiger partial charge in [0.1, 0.15) is 11.9 Å². The zero-order chi connectivity index (χ0) is 15.2. The quantitative estimate of drug-likeness (QED) is 0.784. The molecular formula is C17H19Cl2NO. The molecular weight excluding hydrogens is 305 g/mol. The van der Waals surface area contributed by atoms with Crippen LogP contribution < -0.4 is 10.1 Å². The topological polar surface area (TPSA) is 21.3 Å². The van der Waals surface area contributed by atoms with E-state index < -0.39 is 0 Å². The van der Waals surface area contributed by atoms with Crippen molar-refractivity contribution in [1.29, 1.82) is 0 Å². The maximum absolute atomic E-state index is 6.31. The first-order chi connectivity index (χ1) is 10.1. The number of benzene rings is 2. The molecule has 1 unspecified atom stereocenters. The second kappa shape index (κ2) is 7.69. The lowest BCUT2D eigenvalue weighted by molar-refractivity contribution is 0.224. The van der Waals surface area contributed by atoms with Crippen molar-refractivity contribution in [3.05, 3.63) is 63.6 Å². The van der Waals surface area contributed by atoms with Gasteiger partial charge in [-0.2, -0.15) is 0 Å².